The molecule has 0 nitrogen and oxygen atoms in total. The number of hydrogen-bond donors (Lipinski definition) is 1. The Balaban J connectivity index is 2.78. The molecule has 0 aliphatic carbocycles. The first kappa shape index (κ1) is 9.86. The van der Waals surface area contributed by atoms with Gasteiger partial charge in [-0.25, -0.2) is 13.2 Å². The van der Waals surface area contributed by atoms with Crippen LogP contribution >= 0.6 is 24.0 Å². The average molecular weight is 234 g/mol. The van der Waals surface area contributed by atoms with E-state index in [4.69, 9.17) is 0 Å². The molecule has 0 saturated carbocycles. The zero-order valence-electron chi connectivity index (χ0n) is 6.80. The number of benzene rings is 1. The second kappa shape index (κ2) is 3.47. The average Bonchev–Trinajstić information content (AvgIpc) is 2.47. The van der Waals surface area contributed by atoms with Gasteiger partial charge in [0.15, 0.2) is 0 Å². The lowest BCUT2D eigenvalue weighted by Gasteiger charge is -1.98. The van der Waals surface area contributed by atoms with Crippen molar-refractivity contribution in [3.63, 3.8) is 0 Å². The zero-order chi connectivity index (χ0) is 10.3. The van der Waals surface area contributed by atoms with Crippen LogP contribution in [0.5, 0.6) is 0 Å². The van der Waals surface area contributed by atoms with E-state index >= 15 is 0 Å². The van der Waals surface area contributed by atoms with Gasteiger partial charge in [0.25, 0.3) is 6.43 Å². The summed E-state index contributed by atoms with van der Waals surface area (Å²) in [5, 5.41) is 1.60. The predicted molar refractivity (Wildman–Crippen MR) is 54.0 cm³/mol. The highest BCUT2D eigenvalue weighted by Gasteiger charge is 2.15. The van der Waals surface area contributed by atoms with Crippen molar-refractivity contribution < 1.29 is 13.2 Å². The van der Waals surface area contributed by atoms with Gasteiger partial charge in [-0.1, -0.05) is 0 Å². The van der Waals surface area contributed by atoms with Crippen molar-refractivity contribution in [1.29, 1.82) is 0 Å². The molecule has 2 rings (SSSR count). The SMILES string of the molecule is Fc1cc(S)c2scc(C(F)F)c2c1. The van der Waals surface area contributed by atoms with Crippen LogP contribution < -0.4 is 0 Å². The van der Waals surface area contributed by atoms with Crippen molar-refractivity contribution in [1.82, 2.24) is 0 Å². The fourth-order valence-electron chi connectivity index (χ4n) is 1.27. The summed E-state index contributed by atoms with van der Waals surface area (Å²) < 4.78 is 38.4. The number of hydrogen-bond acceptors (Lipinski definition) is 2. The molecule has 14 heavy (non-hydrogen) atoms. The fraction of sp³-hybridized carbons (Fsp3) is 0.111. The van der Waals surface area contributed by atoms with Gasteiger partial charge in [0, 0.05) is 25.9 Å². The maximum absolute atomic E-state index is 12.9. The number of alkyl halides is 2. The molecule has 0 aliphatic heterocycles. The molecule has 0 spiro atoms. The second-order valence-electron chi connectivity index (χ2n) is 2.79. The van der Waals surface area contributed by atoms with E-state index < -0.39 is 12.2 Å². The van der Waals surface area contributed by atoms with Crippen molar-refractivity contribution in [3.8, 4) is 0 Å². The molecule has 0 unspecified atom stereocenters. The van der Waals surface area contributed by atoms with E-state index in [2.05, 4.69) is 12.6 Å². The highest BCUT2D eigenvalue weighted by molar-refractivity contribution is 7.80. The first-order chi connectivity index (χ1) is 6.59. The Hall–Kier alpha value is -0.680. The van der Waals surface area contributed by atoms with E-state index in [1.807, 2.05) is 0 Å². The van der Waals surface area contributed by atoms with Gasteiger partial charge in [-0.2, -0.15) is 0 Å². The largest absolute Gasteiger partial charge is 0.265 e. The van der Waals surface area contributed by atoms with Gasteiger partial charge in [-0.15, -0.1) is 24.0 Å². The van der Waals surface area contributed by atoms with Crippen molar-refractivity contribution in [2.45, 2.75) is 11.3 Å². The van der Waals surface area contributed by atoms with Gasteiger partial charge in [-0.05, 0) is 12.1 Å². The molecule has 0 N–H and O–H groups in total. The van der Waals surface area contributed by atoms with Gasteiger partial charge in [-0.3, -0.25) is 0 Å². The van der Waals surface area contributed by atoms with Crippen LogP contribution in [0.15, 0.2) is 22.4 Å². The van der Waals surface area contributed by atoms with Crippen molar-refractivity contribution in [2.75, 3.05) is 0 Å². The Bertz CT molecular complexity index is 476. The first-order valence-electron chi connectivity index (χ1n) is 3.77. The summed E-state index contributed by atoms with van der Waals surface area (Å²) in [6.45, 7) is 0. The maximum atomic E-state index is 12.9. The molecule has 0 fully saturated rings. The zero-order valence-corrected chi connectivity index (χ0v) is 8.51. The van der Waals surface area contributed by atoms with Gasteiger partial charge in [0.05, 0.1) is 0 Å². The third-order valence-electron chi connectivity index (χ3n) is 1.88. The van der Waals surface area contributed by atoms with E-state index in [1.54, 1.807) is 0 Å². The van der Waals surface area contributed by atoms with E-state index in [9.17, 15) is 13.2 Å². The van der Waals surface area contributed by atoms with E-state index in [1.165, 1.54) is 11.4 Å². The molecule has 74 valence electrons. The Morgan fingerprint density at radius 2 is 2.00 bits per heavy atom. The van der Waals surface area contributed by atoms with Crippen LogP contribution in [0.2, 0.25) is 0 Å². The summed E-state index contributed by atoms with van der Waals surface area (Å²) in [7, 11) is 0. The monoisotopic (exact) mass is 234 g/mol. The van der Waals surface area contributed by atoms with E-state index in [0.717, 1.165) is 17.4 Å². The summed E-state index contributed by atoms with van der Waals surface area (Å²) in [6, 6.07) is 2.34. The molecular formula is C9H5F3S2. The minimum Gasteiger partial charge on any atom is -0.207 e. The quantitative estimate of drug-likeness (QED) is 0.700. The molecular weight excluding hydrogens is 229 g/mol. The van der Waals surface area contributed by atoms with E-state index in [0.29, 0.717) is 9.60 Å². The summed E-state index contributed by atoms with van der Waals surface area (Å²) in [5.41, 5.74) is -0.125. The molecule has 0 atom stereocenters. The fourth-order valence-corrected chi connectivity index (χ4v) is 2.63. The molecule has 1 heterocycles. The van der Waals surface area contributed by atoms with Crippen LogP contribution in [0, 0.1) is 5.82 Å². The number of fused-ring (bicyclic) bond motifs is 1. The highest BCUT2D eigenvalue weighted by atomic mass is 32.1. The lowest BCUT2D eigenvalue weighted by atomic mass is 10.2. The van der Waals surface area contributed by atoms with Crippen LogP contribution in [0.25, 0.3) is 10.1 Å². The molecule has 0 aliphatic rings. The van der Waals surface area contributed by atoms with E-state index in [-0.39, 0.29) is 10.9 Å². The predicted octanol–water partition coefficient (Wildman–Crippen LogP) is 4.27. The Kier molecular flexibility index (Phi) is 2.45. The normalized spacial score (nSPS) is 11.5. The summed E-state index contributed by atoms with van der Waals surface area (Å²) in [4.78, 5) is 0.400. The van der Waals surface area contributed by atoms with Crippen LogP contribution in [0.4, 0.5) is 13.2 Å². The lowest BCUT2D eigenvalue weighted by Crippen LogP contribution is -1.82. The third-order valence-corrected chi connectivity index (χ3v) is 3.44. The topological polar surface area (TPSA) is 0 Å². The minimum atomic E-state index is -2.57. The Labute approximate surface area is 87.8 Å². The molecule has 0 radical (unpaired) electrons. The standard InChI is InChI=1S/C9H5F3S2/c10-4-1-5-6(9(11)12)3-14-8(5)7(13)2-4/h1-3,9,13H. The lowest BCUT2D eigenvalue weighted by molar-refractivity contribution is 0.153. The molecule has 2 aromatic rings. The Morgan fingerprint density at radius 1 is 1.29 bits per heavy atom. The Morgan fingerprint density at radius 3 is 2.64 bits per heavy atom. The van der Waals surface area contributed by atoms with Crippen molar-refractivity contribution in [3.05, 3.63) is 28.9 Å². The van der Waals surface area contributed by atoms with Crippen molar-refractivity contribution in [2.24, 2.45) is 0 Å². The smallest absolute Gasteiger partial charge is 0.207 e. The molecule has 1 aromatic carbocycles. The number of thiol groups is 1. The van der Waals surface area contributed by atoms with Crippen LogP contribution in [-0.2, 0) is 0 Å². The molecule has 0 saturated heterocycles. The van der Waals surface area contributed by atoms with Crippen LogP contribution in [0.3, 0.4) is 0 Å². The molecule has 1 aromatic heterocycles. The number of rotatable bonds is 1. The molecule has 0 bridgehead atoms. The number of thiophene rings is 1. The second-order valence-corrected chi connectivity index (χ2v) is 4.15. The highest BCUT2D eigenvalue weighted by Crippen LogP contribution is 2.36. The molecule has 5 heteroatoms. The third kappa shape index (κ3) is 1.50. The number of halogens is 3. The summed E-state index contributed by atoms with van der Waals surface area (Å²) >= 11 is 5.18. The van der Waals surface area contributed by atoms with Gasteiger partial charge >= 0.3 is 0 Å². The van der Waals surface area contributed by atoms with Crippen LogP contribution in [0.1, 0.15) is 12.0 Å². The van der Waals surface area contributed by atoms with Crippen molar-refractivity contribution >= 4 is 34.1 Å². The summed E-state index contributed by atoms with van der Waals surface area (Å²) in [5.74, 6) is -0.539. The van der Waals surface area contributed by atoms with Gasteiger partial charge in [0.2, 0.25) is 0 Å². The summed E-state index contributed by atoms with van der Waals surface area (Å²) in [6.07, 6.45) is -2.57. The minimum absolute atomic E-state index is 0.125. The first-order valence-corrected chi connectivity index (χ1v) is 5.10. The maximum Gasteiger partial charge on any atom is 0.265 e. The van der Waals surface area contributed by atoms with Gasteiger partial charge in [0.1, 0.15) is 5.82 Å². The molecule has 0 amide bonds. The van der Waals surface area contributed by atoms with Gasteiger partial charge < -0.3 is 0 Å². The van der Waals surface area contributed by atoms with Crippen LogP contribution in [-0.4, -0.2) is 0 Å².